The van der Waals surface area contributed by atoms with Crippen LogP contribution < -0.4 is 11.1 Å². The second-order valence-corrected chi connectivity index (χ2v) is 4.79. The molecule has 0 radical (unpaired) electrons. The highest BCUT2D eigenvalue weighted by Gasteiger charge is 2.32. The zero-order chi connectivity index (χ0) is 12.2. The Morgan fingerprint density at radius 1 is 1.56 bits per heavy atom. The van der Waals surface area contributed by atoms with Crippen molar-refractivity contribution in [2.75, 3.05) is 19.8 Å². The van der Waals surface area contributed by atoms with E-state index in [2.05, 4.69) is 5.32 Å². The molecular weight excluding hydrogens is 208 g/mol. The lowest BCUT2D eigenvalue weighted by Crippen LogP contribution is -2.55. The molecule has 1 rings (SSSR count). The fourth-order valence-electron chi connectivity index (χ4n) is 1.54. The van der Waals surface area contributed by atoms with Gasteiger partial charge in [0.1, 0.15) is 0 Å². The summed E-state index contributed by atoms with van der Waals surface area (Å²) < 4.78 is 5.16. The first-order valence-electron chi connectivity index (χ1n) is 5.77. The first-order chi connectivity index (χ1) is 7.40. The zero-order valence-electron chi connectivity index (χ0n) is 10.1. The highest BCUT2D eigenvalue weighted by atomic mass is 16.5. The molecule has 5 nitrogen and oxygen atoms in total. The molecule has 0 aromatic heterocycles. The minimum absolute atomic E-state index is 0.213. The van der Waals surface area contributed by atoms with Crippen LogP contribution in [0.3, 0.4) is 0 Å². The summed E-state index contributed by atoms with van der Waals surface area (Å²) in [6.45, 7) is 4.89. The maximum Gasteiger partial charge on any atom is 0.239 e. The molecule has 1 amide bonds. The molecule has 1 aliphatic rings. The Kier molecular flexibility index (Phi) is 4.29. The first kappa shape index (κ1) is 13.4. The van der Waals surface area contributed by atoms with Gasteiger partial charge in [-0.15, -0.1) is 0 Å². The minimum atomic E-state index is -0.860. The number of hydrogen-bond acceptors (Lipinski definition) is 4. The Balaban J connectivity index is 2.41. The van der Waals surface area contributed by atoms with Crippen LogP contribution in [0.4, 0.5) is 0 Å². The number of amides is 1. The molecule has 1 fully saturated rings. The quantitative estimate of drug-likeness (QED) is 0.623. The molecule has 1 aliphatic heterocycles. The summed E-state index contributed by atoms with van der Waals surface area (Å²) in [5.74, 6) is -0.213. The lowest BCUT2D eigenvalue weighted by Gasteiger charge is -2.33. The van der Waals surface area contributed by atoms with E-state index in [1.165, 1.54) is 0 Å². The van der Waals surface area contributed by atoms with Crippen LogP contribution in [0, 0.1) is 0 Å². The van der Waals surface area contributed by atoms with E-state index in [1.807, 2.05) is 6.92 Å². The Labute approximate surface area is 96.3 Å². The van der Waals surface area contributed by atoms with Crippen molar-refractivity contribution in [1.82, 2.24) is 5.32 Å². The van der Waals surface area contributed by atoms with Crippen molar-refractivity contribution in [3.63, 3.8) is 0 Å². The molecule has 4 N–H and O–H groups in total. The van der Waals surface area contributed by atoms with E-state index in [0.717, 1.165) is 0 Å². The summed E-state index contributed by atoms with van der Waals surface area (Å²) in [5, 5.41) is 12.8. The SMILES string of the molecule is CCC(C)(N)C(=O)NCC1(O)CCOCC1. The van der Waals surface area contributed by atoms with Crippen LogP contribution in [0.15, 0.2) is 0 Å². The second-order valence-electron chi connectivity index (χ2n) is 4.79. The van der Waals surface area contributed by atoms with E-state index >= 15 is 0 Å². The van der Waals surface area contributed by atoms with Crippen molar-refractivity contribution in [2.45, 2.75) is 44.2 Å². The molecule has 5 heteroatoms. The number of nitrogens with one attached hydrogen (secondary N) is 1. The van der Waals surface area contributed by atoms with Crippen molar-refractivity contribution in [2.24, 2.45) is 5.73 Å². The molecule has 0 aliphatic carbocycles. The Bertz CT molecular complexity index is 248. The first-order valence-corrected chi connectivity index (χ1v) is 5.77. The maximum absolute atomic E-state index is 11.7. The normalized spacial score (nSPS) is 23.5. The van der Waals surface area contributed by atoms with E-state index in [9.17, 15) is 9.90 Å². The van der Waals surface area contributed by atoms with Crippen LogP contribution in [0.2, 0.25) is 0 Å². The Morgan fingerprint density at radius 2 is 2.12 bits per heavy atom. The van der Waals surface area contributed by atoms with Crippen molar-refractivity contribution in [3.8, 4) is 0 Å². The summed E-state index contributed by atoms with van der Waals surface area (Å²) in [5.41, 5.74) is 4.10. The van der Waals surface area contributed by atoms with Crippen molar-refractivity contribution >= 4 is 5.91 Å². The van der Waals surface area contributed by atoms with Gasteiger partial charge in [0, 0.05) is 32.6 Å². The molecule has 0 spiro atoms. The number of carbonyl (C=O) groups excluding carboxylic acids is 1. The highest BCUT2D eigenvalue weighted by molar-refractivity contribution is 5.85. The predicted octanol–water partition coefficient (Wildman–Crippen LogP) is -0.228. The van der Waals surface area contributed by atoms with Gasteiger partial charge in [0.15, 0.2) is 0 Å². The minimum Gasteiger partial charge on any atom is -0.388 e. The molecular formula is C11H22N2O3. The number of aliphatic hydroxyl groups is 1. The van der Waals surface area contributed by atoms with E-state index in [0.29, 0.717) is 32.5 Å². The number of nitrogens with two attached hydrogens (primary N) is 1. The van der Waals surface area contributed by atoms with Crippen LogP contribution in [0.25, 0.3) is 0 Å². The topological polar surface area (TPSA) is 84.6 Å². The van der Waals surface area contributed by atoms with Gasteiger partial charge in [-0.1, -0.05) is 6.92 Å². The van der Waals surface area contributed by atoms with E-state index in [4.69, 9.17) is 10.5 Å². The van der Waals surface area contributed by atoms with E-state index in [-0.39, 0.29) is 12.5 Å². The van der Waals surface area contributed by atoms with Gasteiger partial charge in [-0.2, -0.15) is 0 Å². The molecule has 94 valence electrons. The van der Waals surface area contributed by atoms with Crippen LogP contribution in [0.5, 0.6) is 0 Å². The van der Waals surface area contributed by atoms with Crippen LogP contribution in [-0.4, -0.2) is 41.9 Å². The average Bonchev–Trinajstić information content (AvgIpc) is 2.27. The fraction of sp³-hybridized carbons (Fsp3) is 0.909. The molecule has 1 heterocycles. The third kappa shape index (κ3) is 3.43. The molecule has 1 saturated heterocycles. The lowest BCUT2D eigenvalue weighted by atomic mass is 9.93. The van der Waals surface area contributed by atoms with E-state index in [1.54, 1.807) is 6.92 Å². The summed E-state index contributed by atoms with van der Waals surface area (Å²) in [6.07, 6.45) is 1.68. The molecule has 0 saturated carbocycles. The Hall–Kier alpha value is -0.650. The van der Waals surface area contributed by atoms with Gasteiger partial charge >= 0.3 is 0 Å². The van der Waals surface area contributed by atoms with Crippen molar-refractivity contribution in [3.05, 3.63) is 0 Å². The van der Waals surface area contributed by atoms with E-state index < -0.39 is 11.1 Å². The van der Waals surface area contributed by atoms with Gasteiger partial charge in [-0.05, 0) is 13.3 Å². The fourth-order valence-corrected chi connectivity index (χ4v) is 1.54. The molecule has 0 bridgehead atoms. The van der Waals surface area contributed by atoms with Gasteiger partial charge in [0.05, 0.1) is 11.1 Å². The van der Waals surface area contributed by atoms with Crippen molar-refractivity contribution < 1.29 is 14.6 Å². The monoisotopic (exact) mass is 230 g/mol. The third-order valence-corrected chi connectivity index (χ3v) is 3.25. The Morgan fingerprint density at radius 3 is 2.62 bits per heavy atom. The molecule has 0 aromatic rings. The van der Waals surface area contributed by atoms with Crippen LogP contribution >= 0.6 is 0 Å². The third-order valence-electron chi connectivity index (χ3n) is 3.25. The number of ether oxygens (including phenoxy) is 1. The lowest BCUT2D eigenvalue weighted by molar-refractivity contribution is -0.128. The molecule has 0 aromatic carbocycles. The summed E-state index contributed by atoms with van der Waals surface area (Å²) in [6, 6.07) is 0. The second kappa shape index (κ2) is 5.12. The summed E-state index contributed by atoms with van der Waals surface area (Å²) in [7, 11) is 0. The van der Waals surface area contributed by atoms with Gasteiger partial charge in [0.25, 0.3) is 0 Å². The average molecular weight is 230 g/mol. The number of carbonyl (C=O) groups is 1. The zero-order valence-corrected chi connectivity index (χ0v) is 10.1. The highest BCUT2D eigenvalue weighted by Crippen LogP contribution is 2.19. The van der Waals surface area contributed by atoms with Crippen LogP contribution in [0.1, 0.15) is 33.1 Å². The molecule has 16 heavy (non-hydrogen) atoms. The summed E-state index contributed by atoms with van der Waals surface area (Å²) in [4.78, 5) is 11.7. The largest absolute Gasteiger partial charge is 0.388 e. The van der Waals surface area contributed by atoms with Crippen LogP contribution in [-0.2, 0) is 9.53 Å². The number of hydrogen-bond donors (Lipinski definition) is 3. The standard InChI is InChI=1S/C11H22N2O3/c1-3-10(2,12)9(14)13-8-11(15)4-6-16-7-5-11/h15H,3-8,12H2,1-2H3,(H,13,14). The number of rotatable bonds is 4. The van der Waals surface area contributed by atoms with Gasteiger partial charge < -0.3 is 20.9 Å². The maximum atomic E-state index is 11.7. The van der Waals surface area contributed by atoms with Crippen molar-refractivity contribution in [1.29, 1.82) is 0 Å². The van der Waals surface area contributed by atoms with Gasteiger partial charge in [-0.3, -0.25) is 4.79 Å². The molecule has 1 unspecified atom stereocenters. The summed E-state index contributed by atoms with van der Waals surface area (Å²) >= 11 is 0. The molecule has 1 atom stereocenters. The van der Waals surface area contributed by atoms with Gasteiger partial charge in [0.2, 0.25) is 5.91 Å². The van der Waals surface area contributed by atoms with Gasteiger partial charge in [-0.25, -0.2) is 0 Å². The predicted molar refractivity (Wildman–Crippen MR) is 60.9 cm³/mol. The smallest absolute Gasteiger partial charge is 0.239 e.